The molecule has 0 bridgehead atoms. The van der Waals surface area contributed by atoms with E-state index < -0.39 is 4.92 Å². The lowest BCUT2D eigenvalue weighted by molar-refractivity contribution is -0.383. The quantitative estimate of drug-likeness (QED) is 0.278. The second-order valence-electron chi connectivity index (χ2n) is 6.69. The molecule has 3 aromatic rings. The molecule has 0 fully saturated rings. The van der Waals surface area contributed by atoms with Crippen LogP contribution >= 0.6 is 0 Å². The number of nitrogens with zero attached hydrogens (tertiary/aromatic N) is 3. The van der Waals surface area contributed by atoms with E-state index in [0.29, 0.717) is 18.9 Å². The topological polar surface area (TPSA) is 93.0 Å². The van der Waals surface area contributed by atoms with Gasteiger partial charge in [-0.05, 0) is 12.0 Å². The zero-order valence-electron chi connectivity index (χ0n) is 16.5. The number of nitro groups is 1. The van der Waals surface area contributed by atoms with Crippen LogP contribution in [0.4, 0.5) is 17.3 Å². The molecular formula is C22H25N5O2. The van der Waals surface area contributed by atoms with Crippen LogP contribution in [0.15, 0.2) is 60.7 Å². The first kappa shape index (κ1) is 20.3. The summed E-state index contributed by atoms with van der Waals surface area (Å²) in [6.45, 7) is 3.17. The van der Waals surface area contributed by atoms with Crippen molar-refractivity contribution >= 4 is 17.3 Å². The Kier molecular flexibility index (Phi) is 7.10. The number of hydrogen-bond acceptors (Lipinski definition) is 6. The summed E-state index contributed by atoms with van der Waals surface area (Å²) in [4.78, 5) is 20.4. The maximum Gasteiger partial charge on any atom is 0.353 e. The largest absolute Gasteiger partial charge is 0.364 e. The minimum atomic E-state index is -0.426. The van der Waals surface area contributed by atoms with Gasteiger partial charge in [0.15, 0.2) is 5.82 Å². The van der Waals surface area contributed by atoms with Gasteiger partial charge in [-0.15, -0.1) is 0 Å². The molecular weight excluding hydrogens is 366 g/mol. The van der Waals surface area contributed by atoms with Crippen molar-refractivity contribution in [3.63, 3.8) is 0 Å². The highest BCUT2D eigenvalue weighted by Crippen LogP contribution is 2.33. The summed E-state index contributed by atoms with van der Waals surface area (Å²) < 4.78 is 0. The van der Waals surface area contributed by atoms with Crippen LogP contribution in [0.25, 0.3) is 11.4 Å². The number of benzene rings is 2. The van der Waals surface area contributed by atoms with Gasteiger partial charge < -0.3 is 10.6 Å². The monoisotopic (exact) mass is 391 g/mol. The molecule has 1 heterocycles. The lowest BCUT2D eigenvalue weighted by Crippen LogP contribution is -2.12. The second-order valence-corrected chi connectivity index (χ2v) is 6.69. The molecule has 7 nitrogen and oxygen atoms in total. The molecule has 0 aliphatic rings. The van der Waals surface area contributed by atoms with Gasteiger partial charge >= 0.3 is 5.69 Å². The highest BCUT2D eigenvalue weighted by molar-refractivity contribution is 5.73. The Bertz CT molecular complexity index is 933. The fourth-order valence-electron chi connectivity index (χ4n) is 2.95. The predicted octanol–water partition coefficient (Wildman–Crippen LogP) is 5.27. The van der Waals surface area contributed by atoms with E-state index in [-0.39, 0.29) is 17.3 Å². The first-order valence-corrected chi connectivity index (χ1v) is 9.82. The fraction of sp³-hybridized carbons (Fsp3) is 0.273. The fourth-order valence-corrected chi connectivity index (χ4v) is 2.95. The molecule has 0 aliphatic carbocycles. The zero-order chi connectivity index (χ0) is 20.5. The minimum Gasteiger partial charge on any atom is -0.364 e. The summed E-state index contributed by atoms with van der Waals surface area (Å²) in [6, 6.07) is 19.2. The van der Waals surface area contributed by atoms with Gasteiger partial charge in [0.1, 0.15) is 0 Å². The molecule has 0 aliphatic heterocycles. The average Bonchev–Trinajstić information content (AvgIpc) is 2.76. The van der Waals surface area contributed by atoms with E-state index in [1.807, 2.05) is 60.7 Å². The average molecular weight is 391 g/mol. The van der Waals surface area contributed by atoms with Gasteiger partial charge in [-0.3, -0.25) is 10.1 Å². The van der Waals surface area contributed by atoms with E-state index in [4.69, 9.17) is 0 Å². The number of hydrogen-bond donors (Lipinski definition) is 2. The summed E-state index contributed by atoms with van der Waals surface area (Å²) in [5.41, 5.74) is 1.69. The van der Waals surface area contributed by atoms with Gasteiger partial charge in [-0.2, -0.15) is 0 Å². The van der Waals surface area contributed by atoms with Gasteiger partial charge in [0, 0.05) is 18.7 Å². The van der Waals surface area contributed by atoms with Crippen molar-refractivity contribution in [2.75, 3.05) is 17.2 Å². The number of anilines is 2. The van der Waals surface area contributed by atoms with Crippen molar-refractivity contribution in [2.45, 2.75) is 32.7 Å². The smallest absolute Gasteiger partial charge is 0.353 e. The molecule has 3 rings (SSSR count). The highest BCUT2D eigenvalue weighted by Gasteiger charge is 2.25. The molecule has 0 amide bonds. The molecule has 0 atom stereocenters. The van der Waals surface area contributed by atoms with Crippen molar-refractivity contribution in [1.82, 2.24) is 9.97 Å². The Morgan fingerprint density at radius 3 is 2.14 bits per heavy atom. The number of nitrogens with one attached hydrogen (secondary N) is 2. The standard InChI is InChI=1S/C22H25N5O2/c1-2-3-10-15-23-21-19(27(28)29)22(24-16-17-11-6-4-7-12-17)26-20(25-21)18-13-8-5-9-14-18/h4-9,11-14H,2-3,10,15-16H2,1H3,(H2,23,24,25,26). The molecule has 150 valence electrons. The SMILES string of the molecule is CCCCCNc1nc(-c2ccccc2)nc(NCc2ccccc2)c1[N+](=O)[O-]. The van der Waals surface area contributed by atoms with Crippen LogP contribution in [0.2, 0.25) is 0 Å². The molecule has 0 unspecified atom stereocenters. The lowest BCUT2D eigenvalue weighted by Gasteiger charge is -2.13. The van der Waals surface area contributed by atoms with E-state index in [1.165, 1.54) is 0 Å². The molecule has 0 saturated carbocycles. The molecule has 7 heteroatoms. The summed E-state index contributed by atoms with van der Waals surface area (Å²) in [5.74, 6) is 0.908. The summed E-state index contributed by atoms with van der Waals surface area (Å²) in [7, 11) is 0. The van der Waals surface area contributed by atoms with Gasteiger partial charge in [-0.25, -0.2) is 9.97 Å². The van der Waals surface area contributed by atoms with E-state index in [9.17, 15) is 10.1 Å². The normalized spacial score (nSPS) is 10.5. The lowest BCUT2D eigenvalue weighted by atomic mass is 10.2. The third-order valence-electron chi connectivity index (χ3n) is 4.47. The molecule has 0 spiro atoms. The number of unbranched alkanes of at least 4 members (excludes halogenated alkanes) is 2. The van der Waals surface area contributed by atoms with Gasteiger partial charge in [-0.1, -0.05) is 80.4 Å². The molecule has 1 aromatic heterocycles. The molecule has 2 N–H and O–H groups in total. The van der Waals surface area contributed by atoms with Crippen molar-refractivity contribution in [3.8, 4) is 11.4 Å². The first-order chi connectivity index (χ1) is 14.2. The second kappa shape index (κ2) is 10.2. The summed E-state index contributed by atoms with van der Waals surface area (Å²) >= 11 is 0. The van der Waals surface area contributed by atoms with Crippen LogP contribution < -0.4 is 10.6 Å². The van der Waals surface area contributed by atoms with E-state index in [1.54, 1.807) is 0 Å². The van der Waals surface area contributed by atoms with E-state index in [2.05, 4.69) is 27.5 Å². The Balaban J connectivity index is 1.96. The van der Waals surface area contributed by atoms with Crippen LogP contribution in [0.3, 0.4) is 0 Å². The molecule has 2 aromatic carbocycles. The minimum absolute atomic E-state index is 0.128. The predicted molar refractivity (Wildman–Crippen MR) is 116 cm³/mol. The van der Waals surface area contributed by atoms with Crippen LogP contribution in [0.1, 0.15) is 31.7 Å². The third kappa shape index (κ3) is 5.51. The summed E-state index contributed by atoms with van der Waals surface area (Å²) in [5, 5.41) is 18.1. The Labute approximate surface area is 170 Å². The van der Waals surface area contributed by atoms with Crippen molar-refractivity contribution in [3.05, 3.63) is 76.3 Å². The van der Waals surface area contributed by atoms with Gasteiger partial charge in [0.05, 0.1) is 4.92 Å². The van der Waals surface area contributed by atoms with Gasteiger partial charge in [0.25, 0.3) is 0 Å². The van der Waals surface area contributed by atoms with E-state index >= 15 is 0 Å². The van der Waals surface area contributed by atoms with Crippen LogP contribution in [0.5, 0.6) is 0 Å². The third-order valence-corrected chi connectivity index (χ3v) is 4.47. The maximum absolute atomic E-state index is 11.8. The number of aromatic nitrogens is 2. The Morgan fingerprint density at radius 1 is 0.897 bits per heavy atom. The zero-order valence-corrected chi connectivity index (χ0v) is 16.5. The first-order valence-electron chi connectivity index (χ1n) is 9.82. The highest BCUT2D eigenvalue weighted by atomic mass is 16.6. The van der Waals surface area contributed by atoms with Crippen molar-refractivity contribution in [2.24, 2.45) is 0 Å². The molecule has 29 heavy (non-hydrogen) atoms. The van der Waals surface area contributed by atoms with Crippen LogP contribution in [-0.2, 0) is 6.54 Å². The Hall–Kier alpha value is -3.48. The van der Waals surface area contributed by atoms with Crippen LogP contribution in [-0.4, -0.2) is 21.4 Å². The molecule has 0 saturated heterocycles. The Morgan fingerprint density at radius 2 is 1.52 bits per heavy atom. The van der Waals surface area contributed by atoms with Crippen molar-refractivity contribution < 1.29 is 4.92 Å². The van der Waals surface area contributed by atoms with E-state index in [0.717, 1.165) is 30.4 Å². The number of rotatable bonds is 10. The van der Waals surface area contributed by atoms with Crippen LogP contribution in [0, 0.1) is 10.1 Å². The maximum atomic E-state index is 11.8. The summed E-state index contributed by atoms with van der Waals surface area (Å²) in [6.07, 6.45) is 3.05. The molecule has 0 radical (unpaired) electrons. The van der Waals surface area contributed by atoms with Crippen molar-refractivity contribution in [1.29, 1.82) is 0 Å². The van der Waals surface area contributed by atoms with Gasteiger partial charge in [0.2, 0.25) is 11.6 Å².